The summed E-state index contributed by atoms with van der Waals surface area (Å²) in [5, 5.41) is 13.6. The second kappa shape index (κ2) is 4.76. The highest BCUT2D eigenvalue weighted by molar-refractivity contribution is 5.89. The maximum atomic E-state index is 12.3. The molecule has 0 fully saturated rings. The second-order valence-corrected chi connectivity index (χ2v) is 4.80. The molecule has 0 atom stereocenters. The van der Waals surface area contributed by atoms with E-state index in [2.05, 4.69) is 5.16 Å². The number of phenols is 1. The summed E-state index contributed by atoms with van der Waals surface area (Å²) >= 11 is 0. The Labute approximate surface area is 123 Å². The van der Waals surface area contributed by atoms with Gasteiger partial charge in [-0.25, -0.2) is 4.79 Å². The van der Waals surface area contributed by atoms with Gasteiger partial charge in [-0.15, -0.1) is 0 Å². The van der Waals surface area contributed by atoms with Crippen molar-refractivity contribution in [1.82, 2.24) is 14.3 Å². The summed E-state index contributed by atoms with van der Waals surface area (Å²) in [5.41, 5.74) is -0.315. The van der Waals surface area contributed by atoms with Crippen molar-refractivity contribution in [2.75, 3.05) is 7.11 Å². The van der Waals surface area contributed by atoms with E-state index in [4.69, 9.17) is 9.26 Å². The van der Waals surface area contributed by atoms with Crippen LogP contribution in [0.25, 0.3) is 22.4 Å². The Morgan fingerprint density at radius 3 is 2.64 bits per heavy atom. The smallest absolute Gasteiger partial charge is 0.332 e. The van der Waals surface area contributed by atoms with Crippen LogP contribution in [0.5, 0.6) is 11.5 Å². The van der Waals surface area contributed by atoms with Crippen molar-refractivity contribution in [3.63, 3.8) is 0 Å². The molecule has 8 heteroatoms. The number of hydrogen-bond acceptors (Lipinski definition) is 6. The fraction of sp³-hybridized carbons (Fsp3) is 0.214. The molecule has 0 radical (unpaired) electrons. The summed E-state index contributed by atoms with van der Waals surface area (Å²) in [6.45, 7) is 0. The highest BCUT2D eigenvalue weighted by Gasteiger charge is 2.20. The van der Waals surface area contributed by atoms with Crippen LogP contribution in [-0.4, -0.2) is 26.5 Å². The standard InChI is InChI=1S/C14H13N3O5/c1-16-12-10(13(19)17(2)14(16)20)11(22-15-12)7-4-5-8(18)9(6-7)21-3/h4-6,18H,1-3H3. The normalized spacial score (nSPS) is 11.0. The Balaban J connectivity index is 2.39. The Hall–Kier alpha value is -3.03. The highest BCUT2D eigenvalue weighted by Crippen LogP contribution is 2.33. The van der Waals surface area contributed by atoms with Crippen LogP contribution in [0.2, 0.25) is 0 Å². The molecule has 114 valence electrons. The molecule has 3 rings (SSSR count). The van der Waals surface area contributed by atoms with E-state index < -0.39 is 11.2 Å². The van der Waals surface area contributed by atoms with E-state index in [-0.39, 0.29) is 28.3 Å². The average Bonchev–Trinajstić information content (AvgIpc) is 2.96. The molecular weight excluding hydrogens is 290 g/mol. The molecule has 0 spiro atoms. The van der Waals surface area contributed by atoms with Gasteiger partial charge in [0.25, 0.3) is 5.56 Å². The van der Waals surface area contributed by atoms with Crippen LogP contribution in [-0.2, 0) is 14.1 Å². The van der Waals surface area contributed by atoms with Gasteiger partial charge in [-0.3, -0.25) is 13.9 Å². The minimum Gasteiger partial charge on any atom is -0.504 e. The van der Waals surface area contributed by atoms with E-state index in [0.29, 0.717) is 5.56 Å². The number of aromatic nitrogens is 3. The molecule has 0 saturated heterocycles. The molecule has 8 nitrogen and oxygen atoms in total. The third kappa shape index (κ3) is 1.80. The monoisotopic (exact) mass is 303 g/mol. The zero-order valence-electron chi connectivity index (χ0n) is 12.2. The maximum Gasteiger partial charge on any atom is 0.332 e. The molecule has 0 aliphatic rings. The average molecular weight is 303 g/mol. The highest BCUT2D eigenvalue weighted by atomic mass is 16.5. The van der Waals surface area contributed by atoms with Gasteiger partial charge in [0.1, 0.15) is 5.39 Å². The van der Waals surface area contributed by atoms with Gasteiger partial charge in [-0.2, -0.15) is 0 Å². The molecule has 1 N–H and O–H groups in total. The Kier molecular flexibility index (Phi) is 3.01. The SMILES string of the molecule is COc1cc(-c2onc3c2c(=O)n(C)c(=O)n3C)ccc1O. The fourth-order valence-electron chi connectivity index (χ4n) is 2.29. The molecular formula is C14H13N3O5. The Bertz CT molecular complexity index is 996. The van der Waals surface area contributed by atoms with E-state index in [0.717, 1.165) is 4.57 Å². The predicted octanol–water partition coefficient (Wildman–Crippen LogP) is 0.606. The third-order valence-corrected chi connectivity index (χ3v) is 3.53. The lowest BCUT2D eigenvalue weighted by Gasteiger charge is -2.05. The molecule has 2 heterocycles. The van der Waals surface area contributed by atoms with Gasteiger partial charge < -0.3 is 14.4 Å². The summed E-state index contributed by atoms with van der Waals surface area (Å²) in [7, 11) is 4.31. The molecule has 2 aromatic heterocycles. The number of phenolic OH excluding ortho intramolecular Hbond substituents is 1. The van der Waals surface area contributed by atoms with Gasteiger partial charge in [0, 0.05) is 19.7 Å². The van der Waals surface area contributed by atoms with Gasteiger partial charge in [0.15, 0.2) is 22.9 Å². The lowest BCUT2D eigenvalue weighted by molar-refractivity contribution is 0.373. The van der Waals surface area contributed by atoms with Crippen LogP contribution >= 0.6 is 0 Å². The summed E-state index contributed by atoms with van der Waals surface area (Å²) < 4.78 is 12.5. The van der Waals surface area contributed by atoms with E-state index in [9.17, 15) is 14.7 Å². The molecule has 1 aromatic carbocycles. The largest absolute Gasteiger partial charge is 0.504 e. The molecule has 0 aliphatic heterocycles. The lowest BCUT2D eigenvalue weighted by Crippen LogP contribution is -2.36. The fourth-order valence-corrected chi connectivity index (χ4v) is 2.29. The van der Waals surface area contributed by atoms with E-state index in [1.54, 1.807) is 6.07 Å². The van der Waals surface area contributed by atoms with E-state index in [1.165, 1.54) is 37.9 Å². The molecule has 0 bridgehead atoms. The van der Waals surface area contributed by atoms with Crippen LogP contribution < -0.4 is 16.0 Å². The number of nitrogens with zero attached hydrogens (tertiary/aromatic N) is 3. The number of ether oxygens (including phenoxy) is 1. The van der Waals surface area contributed by atoms with E-state index >= 15 is 0 Å². The Morgan fingerprint density at radius 2 is 1.95 bits per heavy atom. The van der Waals surface area contributed by atoms with Crippen molar-refractivity contribution in [2.45, 2.75) is 0 Å². The molecule has 0 saturated carbocycles. The van der Waals surface area contributed by atoms with Crippen molar-refractivity contribution in [2.24, 2.45) is 14.1 Å². The van der Waals surface area contributed by atoms with Crippen LogP contribution in [0.15, 0.2) is 32.3 Å². The van der Waals surface area contributed by atoms with Crippen LogP contribution in [0.1, 0.15) is 0 Å². The van der Waals surface area contributed by atoms with Gasteiger partial charge in [0.2, 0.25) is 0 Å². The number of aryl methyl sites for hydroxylation is 1. The second-order valence-electron chi connectivity index (χ2n) is 4.80. The van der Waals surface area contributed by atoms with Crippen molar-refractivity contribution in [3.8, 4) is 22.8 Å². The third-order valence-electron chi connectivity index (χ3n) is 3.53. The van der Waals surface area contributed by atoms with Gasteiger partial charge in [0.05, 0.1) is 7.11 Å². The van der Waals surface area contributed by atoms with Crippen LogP contribution in [0.3, 0.4) is 0 Å². The Morgan fingerprint density at radius 1 is 1.23 bits per heavy atom. The first-order valence-corrected chi connectivity index (χ1v) is 6.38. The first-order chi connectivity index (χ1) is 10.5. The number of hydrogen-bond donors (Lipinski definition) is 1. The van der Waals surface area contributed by atoms with E-state index in [1.807, 2.05) is 0 Å². The van der Waals surface area contributed by atoms with Gasteiger partial charge >= 0.3 is 5.69 Å². The summed E-state index contributed by atoms with van der Waals surface area (Å²) in [6.07, 6.45) is 0. The summed E-state index contributed by atoms with van der Waals surface area (Å²) in [6, 6.07) is 4.52. The van der Waals surface area contributed by atoms with Gasteiger partial charge in [-0.05, 0) is 18.2 Å². The molecule has 3 aromatic rings. The zero-order valence-corrected chi connectivity index (χ0v) is 12.2. The minimum absolute atomic E-state index is 0.0321. The summed E-state index contributed by atoms with van der Waals surface area (Å²) in [5.74, 6) is 0.420. The van der Waals surface area contributed by atoms with Crippen molar-refractivity contribution >= 4 is 11.0 Å². The maximum absolute atomic E-state index is 12.3. The number of fused-ring (bicyclic) bond motifs is 1. The molecule has 0 unspecified atom stereocenters. The first-order valence-electron chi connectivity index (χ1n) is 6.38. The van der Waals surface area contributed by atoms with Crippen molar-refractivity contribution in [3.05, 3.63) is 39.0 Å². The molecule has 0 amide bonds. The quantitative estimate of drug-likeness (QED) is 0.744. The molecule has 22 heavy (non-hydrogen) atoms. The summed E-state index contributed by atoms with van der Waals surface area (Å²) in [4.78, 5) is 24.2. The number of rotatable bonds is 2. The van der Waals surface area contributed by atoms with Crippen molar-refractivity contribution < 1.29 is 14.4 Å². The topological polar surface area (TPSA) is 99.5 Å². The zero-order chi connectivity index (χ0) is 16.0. The van der Waals surface area contributed by atoms with Crippen molar-refractivity contribution in [1.29, 1.82) is 0 Å². The number of benzene rings is 1. The van der Waals surface area contributed by atoms with Gasteiger partial charge in [-0.1, -0.05) is 5.16 Å². The first kappa shape index (κ1) is 13.9. The van der Waals surface area contributed by atoms with Crippen LogP contribution in [0, 0.1) is 0 Å². The molecule has 0 aliphatic carbocycles. The number of methoxy groups -OCH3 is 1. The number of aromatic hydroxyl groups is 1. The van der Waals surface area contributed by atoms with Crippen LogP contribution in [0.4, 0.5) is 0 Å². The predicted molar refractivity (Wildman–Crippen MR) is 78.1 cm³/mol. The lowest BCUT2D eigenvalue weighted by atomic mass is 10.1. The minimum atomic E-state index is -0.499.